The first-order valence-electron chi connectivity index (χ1n) is 11.3. The zero-order chi connectivity index (χ0) is 24.3. The molecule has 3 fully saturated rings. The summed E-state index contributed by atoms with van der Waals surface area (Å²) in [5, 5.41) is 0. The largest absolute Gasteiger partial charge is 0.417 e. The Bertz CT molecular complexity index is 1220. The maximum absolute atomic E-state index is 13.4. The van der Waals surface area contributed by atoms with Gasteiger partial charge in [-0.25, -0.2) is 12.8 Å². The van der Waals surface area contributed by atoms with Crippen LogP contribution >= 0.6 is 0 Å². The Kier molecular flexibility index (Phi) is 5.51. The number of sulfonamides is 1. The van der Waals surface area contributed by atoms with E-state index in [-0.39, 0.29) is 37.9 Å². The molecule has 2 saturated heterocycles. The SMILES string of the molecule is O=C1N(c2ccc(C3CC3)cc2)CCC12CCN(S(=O)(=O)c1ccc(F)cc1C(F)(F)F)CC2. The first-order valence-corrected chi connectivity index (χ1v) is 12.7. The van der Waals surface area contributed by atoms with Crippen LogP contribution in [-0.4, -0.2) is 38.3 Å². The van der Waals surface area contributed by atoms with E-state index < -0.39 is 37.9 Å². The molecule has 1 aliphatic carbocycles. The molecule has 2 aromatic carbocycles. The van der Waals surface area contributed by atoms with Crippen molar-refractivity contribution >= 4 is 21.6 Å². The molecule has 5 rings (SSSR count). The number of alkyl halides is 3. The number of piperidine rings is 1. The number of benzene rings is 2. The number of rotatable bonds is 4. The summed E-state index contributed by atoms with van der Waals surface area (Å²) in [4.78, 5) is 14.1. The van der Waals surface area contributed by atoms with Crippen molar-refractivity contribution < 1.29 is 30.8 Å². The third kappa shape index (κ3) is 4.00. The van der Waals surface area contributed by atoms with Crippen LogP contribution < -0.4 is 4.90 Å². The minimum Gasteiger partial charge on any atom is -0.312 e. The number of amides is 1. The molecule has 10 heteroatoms. The third-order valence-corrected chi connectivity index (χ3v) is 9.27. The van der Waals surface area contributed by atoms with Crippen LogP contribution in [0, 0.1) is 11.2 Å². The highest BCUT2D eigenvalue weighted by molar-refractivity contribution is 7.89. The first-order chi connectivity index (χ1) is 16.0. The lowest BCUT2D eigenvalue weighted by molar-refractivity contribution is -0.140. The highest BCUT2D eigenvalue weighted by Gasteiger charge is 2.50. The second-order valence-corrected chi connectivity index (χ2v) is 11.3. The van der Waals surface area contributed by atoms with Gasteiger partial charge in [0.2, 0.25) is 15.9 Å². The highest BCUT2D eigenvalue weighted by atomic mass is 32.2. The molecule has 1 spiro atoms. The molecule has 182 valence electrons. The summed E-state index contributed by atoms with van der Waals surface area (Å²) in [5.74, 6) is -0.618. The van der Waals surface area contributed by atoms with Gasteiger partial charge in [-0.1, -0.05) is 12.1 Å². The molecule has 34 heavy (non-hydrogen) atoms. The molecule has 1 saturated carbocycles. The van der Waals surface area contributed by atoms with E-state index in [1.807, 2.05) is 24.3 Å². The second kappa shape index (κ2) is 8.05. The van der Waals surface area contributed by atoms with Gasteiger partial charge in [0.05, 0.1) is 15.9 Å². The second-order valence-electron chi connectivity index (χ2n) is 9.40. The Labute approximate surface area is 195 Å². The number of anilines is 1. The smallest absolute Gasteiger partial charge is 0.312 e. The molecule has 3 aliphatic rings. The van der Waals surface area contributed by atoms with E-state index >= 15 is 0 Å². The topological polar surface area (TPSA) is 57.7 Å². The van der Waals surface area contributed by atoms with Gasteiger partial charge in [-0.3, -0.25) is 4.79 Å². The first kappa shape index (κ1) is 23.3. The van der Waals surface area contributed by atoms with Crippen LogP contribution in [0.3, 0.4) is 0 Å². The summed E-state index contributed by atoms with van der Waals surface area (Å²) in [5.41, 5.74) is -0.174. The van der Waals surface area contributed by atoms with Gasteiger partial charge in [0.15, 0.2) is 0 Å². The van der Waals surface area contributed by atoms with Crippen molar-refractivity contribution in [2.75, 3.05) is 24.5 Å². The minimum absolute atomic E-state index is 0.0681. The van der Waals surface area contributed by atoms with E-state index in [1.54, 1.807) is 4.90 Å². The molecule has 0 unspecified atom stereocenters. The third-order valence-electron chi connectivity index (χ3n) is 7.31. The number of nitrogens with zero attached hydrogens (tertiary/aromatic N) is 2. The average Bonchev–Trinajstić information content (AvgIpc) is 3.60. The van der Waals surface area contributed by atoms with E-state index in [1.165, 1.54) is 18.4 Å². The summed E-state index contributed by atoms with van der Waals surface area (Å²) in [6.45, 7) is 0.374. The lowest BCUT2D eigenvalue weighted by Gasteiger charge is -2.37. The van der Waals surface area contributed by atoms with Crippen molar-refractivity contribution in [2.45, 2.75) is 49.1 Å². The van der Waals surface area contributed by atoms with Gasteiger partial charge < -0.3 is 4.90 Å². The Hall–Kier alpha value is -2.46. The number of carbonyl (C=O) groups is 1. The minimum atomic E-state index is -5.02. The molecule has 0 aromatic heterocycles. The molecule has 5 nitrogen and oxygen atoms in total. The fourth-order valence-electron chi connectivity index (χ4n) is 5.12. The van der Waals surface area contributed by atoms with Crippen molar-refractivity contribution in [3.63, 3.8) is 0 Å². The van der Waals surface area contributed by atoms with E-state index in [9.17, 15) is 30.8 Å². The number of hydrogen-bond acceptors (Lipinski definition) is 3. The summed E-state index contributed by atoms with van der Waals surface area (Å²) in [6.07, 6.45) is -1.62. The van der Waals surface area contributed by atoms with Gasteiger partial charge in [0.1, 0.15) is 5.82 Å². The van der Waals surface area contributed by atoms with Crippen LogP contribution in [-0.2, 0) is 21.0 Å². The molecule has 2 aliphatic heterocycles. The standard InChI is InChI=1S/C24H24F4N2O3S/c25-18-5-8-21(20(15-18)24(26,27)28)34(32,33)29-12-9-23(10-13-29)11-14-30(22(23)31)19-6-3-17(4-7-19)16-1-2-16/h3-8,15-16H,1-2,9-14H2. The summed E-state index contributed by atoms with van der Waals surface area (Å²) >= 11 is 0. The summed E-state index contributed by atoms with van der Waals surface area (Å²) in [6, 6.07) is 9.54. The van der Waals surface area contributed by atoms with Crippen LogP contribution in [0.25, 0.3) is 0 Å². The van der Waals surface area contributed by atoms with Crippen LogP contribution in [0.1, 0.15) is 49.1 Å². The predicted octanol–water partition coefficient (Wildman–Crippen LogP) is 4.93. The predicted molar refractivity (Wildman–Crippen MR) is 117 cm³/mol. The Morgan fingerprint density at radius 1 is 0.912 bits per heavy atom. The zero-order valence-corrected chi connectivity index (χ0v) is 19.1. The van der Waals surface area contributed by atoms with E-state index in [0.717, 1.165) is 9.99 Å². The van der Waals surface area contributed by atoms with E-state index in [4.69, 9.17) is 0 Å². The van der Waals surface area contributed by atoms with Crippen molar-refractivity contribution in [1.29, 1.82) is 0 Å². The van der Waals surface area contributed by atoms with Gasteiger partial charge in [0.25, 0.3) is 0 Å². The Morgan fingerprint density at radius 2 is 1.53 bits per heavy atom. The molecule has 0 radical (unpaired) electrons. The summed E-state index contributed by atoms with van der Waals surface area (Å²) in [7, 11) is -4.51. The van der Waals surface area contributed by atoms with Crippen LogP contribution in [0.5, 0.6) is 0 Å². The van der Waals surface area contributed by atoms with Gasteiger partial charge in [-0.15, -0.1) is 0 Å². The number of hydrogen-bond donors (Lipinski definition) is 0. The van der Waals surface area contributed by atoms with Crippen molar-refractivity contribution in [1.82, 2.24) is 4.31 Å². The molecule has 2 heterocycles. The van der Waals surface area contributed by atoms with Gasteiger partial charge in [-0.2, -0.15) is 17.5 Å². The van der Waals surface area contributed by atoms with E-state index in [2.05, 4.69) is 0 Å². The fourth-order valence-corrected chi connectivity index (χ4v) is 6.75. The van der Waals surface area contributed by atoms with Crippen molar-refractivity contribution in [3.8, 4) is 0 Å². The Balaban J connectivity index is 1.32. The molecule has 0 N–H and O–H groups in total. The fraction of sp³-hybridized carbons (Fsp3) is 0.458. The summed E-state index contributed by atoms with van der Waals surface area (Å²) < 4.78 is 80.7. The molecule has 0 atom stereocenters. The van der Waals surface area contributed by atoms with Crippen molar-refractivity contribution in [2.24, 2.45) is 5.41 Å². The van der Waals surface area contributed by atoms with Gasteiger partial charge in [0, 0.05) is 25.3 Å². The number of carbonyl (C=O) groups excluding carboxylic acids is 1. The molecule has 0 bridgehead atoms. The normalized spacial score (nSPS) is 21.4. The number of halogens is 4. The molecule has 2 aromatic rings. The maximum Gasteiger partial charge on any atom is 0.417 e. The van der Waals surface area contributed by atoms with Crippen molar-refractivity contribution in [3.05, 3.63) is 59.4 Å². The average molecular weight is 497 g/mol. The van der Waals surface area contributed by atoms with Crippen LogP contribution in [0.2, 0.25) is 0 Å². The quantitative estimate of drug-likeness (QED) is 0.564. The molecular weight excluding hydrogens is 472 g/mol. The van der Waals surface area contributed by atoms with E-state index in [0.29, 0.717) is 31.0 Å². The zero-order valence-electron chi connectivity index (χ0n) is 18.3. The lowest BCUT2D eigenvalue weighted by atomic mass is 9.77. The van der Waals surface area contributed by atoms with Gasteiger partial charge in [-0.05, 0) is 73.9 Å². The van der Waals surface area contributed by atoms with Crippen LogP contribution in [0.15, 0.2) is 47.4 Å². The maximum atomic E-state index is 13.4. The molecular formula is C24H24F4N2O3S. The molecule has 1 amide bonds. The van der Waals surface area contributed by atoms with Crippen LogP contribution in [0.4, 0.5) is 23.2 Å². The lowest BCUT2D eigenvalue weighted by Crippen LogP contribution is -2.46. The Morgan fingerprint density at radius 3 is 2.12 bits per heavy atom. The monoisotopic (exact) mass is 496 g/mol. The highest BCUT2D eigenvalue weighted by Crippen LogP contribution is 2.45. The van der Waals surface area contributed by atoms with Gasteiger partial charge >= 0.3 is 6.18 Å².